The molecule has 3 rings (SSSR count). The van der Waals surface area contributed by atoms with E-state index in [0.717, 1.165) is 22.5 Å². The zero-order valence-corrected chi connectivity index (χ0v) is 12.6. The van der Waals surface area contributed by atoms with Gasteiger partial charge in [0.1, 0.15) is 0 Å². The van der Waals surface area contributed by atoms with Crippen LogP contribution in [-0.4, -0.2) is 22.2 Å². The highest BCUT2D eigenvalue weighted by Gasteiger charge is 2.29. The van der Waals surface area contributed by atoms with Crippen LogP contribution in [0.2, 0.25) is 0 Å². The van der Waals surface area contributed by atoms with Crippen LogP contribution in [0.3, 0.4) is 0 Å². The lowest BCUT2D eigenvalue weighted by Gasteiger charge is -2.17. The van der Waals surface area contributed by atoms with E-state index in [0.29, 0.717) is 6.54 Å². The molecule has 5 nitrogen and oxygen atoms in total. The number of anilines is 1. The predicted molar refractivity (Wildman–Crippen MR) is 82.2 cm³/mol. The van der Waals surface area contributed by atoms with Crippen LogP contribution in [0.25, 0.3) is 0 Å². The topological polar surface area (TPSA) is 59.0 Å². The highest BCUT2D eigenvalue weighted by Crippen LogP contribution is 2.31. The largest absolute Gasteiger partial charge is 0.384 e. The molecule has 1 aliphatic heterocycles. The number of aryl methyl sites for hydroxylation is 1. The van der Waals surface area contributed by atoms with Crippen LogP contribution in [0.15, 0.2) is 30.5 Å². The fourth-order valence-electron chi connectivity index (χ4n) is 2.85. The van der Waals surface area contributed by atoms with E-state index in [1.54, 1.807) is 0 Å². The Morgan fingerprint density at radius 1 is 1.48 bits per heavy atom. The Kier molecular flexibility index (Phi) is 3.41. The Morgan fingerprint density at radius 3 is 2.95 bits per heavy atom. The Balaban J connectivity index is 1.74. The molecule has 0 saturated heterocycles. The maximum atomic E-state index is 12.5. The van der Waals surface area contributed by atoms with Gasteiger partial charge >= 0.3 is 0 Å². The number of para-hydroxylation sites is 1. The number of fused-ring (bicyclic) bond motifs is 1. The molecule has 2 unspecified atom stereocenters. The Labute approximate surface area is 124 Å². The molecule has 1 aromatic carbocycles. The summed E-state index contributed by atoms with van der Waals surface area (Å²) in [6, 6.07) is 7.93. The van der Waals surface area contributed by atoms with Crippen molar-refractivity contribution in [2.45, 2.75) is 25.8 Å². The van der Waals surface area contributed by atoms with Crippen LogP contribution in [0, 0.1) is 6.92 Å². The molecule has 0 fully saturated rings. The second-order valence-corrected chi connectivity index (χ2v) is 5.56. The average molecular weight is 284 g/mol. The number of nitrogens with one attached hydrogen (secondary N) is 2. The van der Waals surface area contributed by atoms with Gasteiger partial charge in [-0.15, -0.1) is 0 Å². The fourth-order valence-corrected chi connectivity index (χ4v) is 2.85. The van der Waals surface area contributed by atoms with E-state index in [9.17, 15) is 4.79 Å². The summed E-state index contributed by atoms with van der Waals surface area (Å²) < 4.78 is 1.82. The van der Waals surface area contributed by atoms with Crippen molar-refractivity contribution in [3.8, 4) is 0 Å². The third-order valence-corrected chi connectivity index (χ3v) is 4.25. The zero-order chi connectivity index (χ0) is 15.0. The van der Waals surface area contributed by atoms with Crippen molar-refractivity contribution >= 4 is 11.6 Å². The summed E-state index contributed by atoms with van der Waals surface area (Å²) in [7, 11) is 1.91. The number of carbonyl (C=O) groups is 1. The summed E-state index contributed by atoms with van der Waals surface area (Å²) in [5, 5.41) is 10.6. The van der Waals surface area contributed by atoms with Crippen molar-refractivity contribution < 1.29 is 4.79 Å². The minimum absolute atomic E-state index is 0.0426. The Bertz CT molecular complexity index is 677. The van der Waals surface area contributed by atoms with Gasteiger partial charge in [-0.3, -0.25) is 9.48 Å². The van der Waals surface area contributed by atoms with Gasteiger partial charge in [-0.1, -0.05) is 18.2 Å². The molecule has 2 heterocycles. The highest BCUT2D eigenvalue weighted by molar-refractivity contribution is 5.88. The van der Waals surface area contributed by atoms with Gasteiger partial charge in [0.25, 0.3) is 0 Å². The molecule has 2 N–H and O–H groups in total. The quantitative estimate of drug-likeness (QED) is 0.907. The molecule has 1 aromatic heterocycles. The number of hydrogen-bond donors (Lipinski definition) is 2. The van der Waals surface area contributed by atoms with Crippen molar-refractivity contribution in [2.75, 3.05) is 11.9 Å². The molecule has 110 valence electrons. The van der Waals surface area contributed by atoms with Crippen LogP contribution >= 0.6 is 0 Å². The molecule has 0 radical (unpaired) electrons. The van der Waals surface area contributed by atoms with Gasteiger partial charge in [-0.25, -0.2) is 0 Å². The summed E-state index contributed by atoms with van der Waals surface area (Å²) in [6.07, 6.45) is 1.82. The lowest BCUT2D eigenvalue weighted by Crippen LogP contribution is -2.32. The van der Waals surface area contributed by atoms with Gasteiger partial charge in [0, 0.05) is 30.5 Å². The fraction of sp³-hybridized carbons (Fsp3) is 0.375. The molecule has 0 aliphatic carbocycles. The van der Waals surface area contributed by atoms with Crippen molar-refractivity contribution in [3.05, 3.63) is 47.3 Å². The molecule has 0 saturated carbocycles. The van der Waals surface area contributed by atoms with Gasteiger partial charge in [-0.05, 0) is 25.5 Å². The number of nitrogens with zero attached hydrogens (tertiary/aromatic N) is 2. The molecule has 5 heteroatoms. The summed E-state index contributed by atoms with van der Waals surface area (Å²) in [5.41, 5.74) is 4.27. The number of benzene rings is 1. The number of aromatic nitrogens is 2. The van der Waals surface area contributed by atoms with Gasteiger partial charge < -0.3 is 10.6 Å². The summed E-state index contributed by atoms with van der Waals surface area (Å²) in [4.78, 5) is 12.5. The maximum Gasteiger partial charge on any atom is 0.229 e. The van der Waals surface area contributed by atoms with Crippen LogP contribution in [0.1, 0.15) is 35.7 Å². The first-order valence-electron chi connectivity index (χ1n) is 7.19. The van der Waals surface area contributed by atoms with Gasteiger partial charge in [0.2, 0.25) is 5.91 Å². The summed E-state index contributed by atoms with van der Waals surface area (Å²) in [6.45, 7) is 4.66. The molecule has 1 amide bonds. The zero-order valence-electron chi connectivity index (χ0n) is 12.6. The molecule has 2 aromatic rings. The summed E-state index contributed by atoms with van der Waals surface area (Å²) in [5.74, 6) is -0.0659. The number of amides is 1. The highest BCUT2D eigenvalue weighted by atomic mass is 16.2. The number of hydrogen-bond acceptors (Lipinski definition) is 3. The molecular weight excluding hydrogens is 264 g/mol. The van der Waals surface area contributed by atoms with Crippen molar-refractivity contribution in [3.63, 3.8) is 0 Å². The van der Waals surface area contributed by atoms with Gasteiger partial charge in [0.15, 0.2) is 0 Å². The molecule has 2 atom stereocenters. The normalized spacial score (nSPS) is 18.0. The SMILES string of the molecule is Cc1c(C(C)NC(=O)C2CNc3ccccc32)cnn1C. The minimum Gasteiger partial charge on any atom is -0.384 e. The first-order valence-corrected chi connectivity index (χ1v) is 7.19. The van der Waals surface area contributed by atoms with Crippen molar-refractivity contribution in [1.29, 1.82) is 0 Å². The number of carbonyl (C=O) groups excluding carboxylic acids is 1. The van der Waals surface area contributed by atoms with Crippen LogP contribution in [-0.2, 0) is 11.8 Å². The van der Waals surface area contributed by atoms with E-state index in [1.807, 2.05) is 56.0 Å². The maximum absolute atomic E-state index is 12.5. The van der Waals surface area contributed by atoms with Gasteiger partial charge in [-0.2, -0.15) is 5.10 Å². The van der Waals surface area contributed by atoms with Crippen LogP contribution in [0.5, 0.6) is 0 Å². The third kappa shape index (κ3) is 2.39. The standard InChI is InChI=1S/C16H20N4O/c1-10(13-9-18-20(3)11(13)2)19-16(21)14-8-17-15-7-5-4-6-12(14)15/h4-7,9-10,14,17H,8H2,1-3H3,(H,19,21). The monoisotopic (exact) mass is 284 g/mol. The molecule has 1 aliphatic rings. The third-order valence-electron chi connectivity index (χ3n) is 4.25. The van der Waals surface area contributed by atoms with Crippen LogP contribution in [0.4, 0.5) is 5.69 Å². The molecular formula is C16H20N4O. The molecule has 0 bridgehead atoms. The van der Waals surface area contributed by atoms with Gasteiger partial charge in [0.05, 0.1) is 18.2 Å². The second kappa shape index (κ2) is 5.24. The average Bonchev–Trinajstić information content (AvgIpc) is 3.04. The number of rotatable bonds is 3. The summed E-state index contributed by atoms with van der Waals surface area (Å²) >= 11 is 0. The van der Waals surface area contributed by atoms with Crippen molar-refractivity contribution in [2.24, 2.45) is 7.05 Å². The van der Waals surface area contributed by atoms with Crippen LogP contribution < -0.4 is 10.6 Å². The van der Waals surface area contributed by atoms with E-state index in [2.05, 4.69) is 15.7 Å². The van der Waals surface area contributed by atoms with E-state index < -0.39 is 0 Å². The second-order valence-electron chi connectivity index (χ2n) is 5.56. The predicted octanol–water partition coefficient (Wildman–Crippen LogP) is 2.12. The van der Waals surface area contributed by atoms with E-state index in [-0.39, 0.29) is 17.9 Å². The smallest absolute Gasteiger partial charge is 0.229 e. The van der Waals surface area contributed by atoms with E-state index >= 15 is 0 Å². The lowest BCUT2D eigenvalue weighted by molar-refractivity contribution is -0.122. The minimum atomic E-state index is -0.124. The lowest BCUT2D eigenvalue weighted by atomic mass is 9.99. The first-order chi connectivity index (χ1) is 10.1. The van der Waals surface area contributed by atoms with E-state index in [4.69, 9.17) is 0 Å². The van der Waals surface area contributed by atoms with Crippen molar-refractivity contribution in [1.82, 2.24) is 15.1 Å². The molecule has 0 spiro atoms. The molecule has 21 heavy (non-hydrogen) atoms. The van der Waals surface area contributed by atoms with E-state index in [1.165, 1.54) is 0 Å². The first kappa shape index (κ1) is 13.7. The Hall–Kier alpha value is -2.30. The Morgan fingerprint density at radius 2 is 2.24 bits per heavy atom.